The van der Waals surface area contributed by atoms with E-state index in [1.807, 2.05) is 30.3 Å². The second-order valence-corrected chi connectivity index (χ2v) is 5.79. The van der Waals surface area contributed by atoms with Crippen molar-refractivity contribution >= 4 is 28.3 Å². The molecule has 0 aliphatic heterocycles. The molecule has 0 aliphatic rings. The maximum Gasteiger partial charge on any atom is 0.344 e. The molecule has 2 aromatic carbocycles. The number of nitrogens with zero attached hydrogens (tertiary/aromatic N) is 1. The Kier molecular flexibility index (Phi) is 4.39. The van der Waals surface area contributed by atoms with Gasteiger partial charge in [-0.1, -0.05) is 23.7 Å². The molecule has 1 heterocycles. The highest BCUT2D eigenvalue weighted by Gasteiger charge is 2.10. The van der Waals surface area contributed by atoms with Crippen LogP contribution in [-0.4, -0.2) is 13.1 Å². The van der Waals surface area contributed by atoms with E-state index in [0.717, 1.165) is 29.7 Å². The average Bonchev–Trinajstić information content (AvgIpc) is 2.56. The van der Waals surface area contributed by atoms with Gasteiger partial charge in [-0.15, -0.1) is 0 Å². The van der Waals surface area contributed by atoms with Gasteiger partial charge in [-0.25, -0.2) is 4.79 Å². The summed E-state index contributed by atoms with van der Waals surface area (Å²) < 4.78 is 5.54. The largest absolute Gasteiger partial charge is 0.422 e. The van der Waals surface area contributed by atoms with E-state index >= 15 is 0 Å². The first-order chi connectivity index (χ1) is 11.1. The normalized spacial score (nSPS) is 10.9. The lowest BCUT2D eigenvalue weighted by molar-refractivity contribution is 0.563. The molecule has 23 heavy (non-hydrogen) atoms. The van der Waals surface area contributed by atoms with Gasteiger partial charge in [-0.3, -0.25) is 0 Å². The molecule has 3 rings (SSSR count). The molecule has 0 atom stereocenters. The lowest BCUT2D eigenvalue weighted by Gasteiger charge is -2.21. The molecule has 0 fully saturated rings. The van der Waals surface area contributed by atoms with Crippen LogP contribution in [-0.2, 0) is 0 Å². The fourth-order valence-electron chi connectivity index (χ4n) is 2.72. The smallest absolute Gasteiger partial charge is 0.344 e. The van der Waals surface area contributed by atoms with Crippen molar-refractivity contribution in [1.82, 2.24) is 0 Å². The number of fused-ring (bicyclic) bond motifs is 1. The summed E-state index contributed by atoms with van der Waals surface area (Å²) in [5.74, 6) is 0. The molecule has 0 bridgehead atoms. The van der Waals surface area contributed by atoms with Crippen molar-refractivity contribution in [2.45, 2.75) is 13.8 Å². The summed E-state index contributed by atoms with van der Waals surface area (Å²) in [5.41, 5.74) is 2.68. The van der Waals surface area contributed by atoms with Crippen LogP contribution < -0.4 is 10.5 Å². The fourth-order valence-corrected chi connectivity index (χ4v) is 2.84. The minimum atomic E-state index is -0.337. The molecule has 1 aromatic heterocycles. The minimum Gasteiger partial charge on any atom is -0.422 e. The Morgan fingerprint density at radius 3 is 2.35 bits per heavy atom. The van der Waals surface area contributed by atoms with Gasteiger partial charge in [0.1, 0.15) is 5.58 Å². The predicted molar refractivity (Wildman–Crippen MR) is 96.5 cm³/mol. The van der Waals surface area contributed by atoms with E-state index in [0.29, 0.717) is 16.2 Å². The van der Waals surface area contributed by atoms with Gasteiger partial charge in [0, 0.05) is 35.3 Å². The highest BCUT2D eigenvalue weighted by Crippen LogP contribution is 2.25. The van der Waals surface area contributed by atoms with Crippen LogP contribution in [0.5, 0.6) is 0 Å². The van der Waals surface area contributed by atoms with Crippen LogP contribution in [0, 0.1) is 0 Å². The number of benzene rings is 2. The molecule has 0 saturated carbocycles. The summed E-state index contributed by atoms with van der Waals surface area (Å²) in [7, 11) is 0. The standard InChI is InChI=1S/C19H18ClNO2/c1-3-21(4-2)16-10-7-14-11-17(19(22)23-18(14)12-16)13-5-8-15(20)9-6-13/h5-12H,3-4H2,1-2H3. The van der Waals surface area contributed by atoms with Crippen LogP contribution in [0.4, 0.5) is 5.69 Å². The first-order valence-electron chi connectivity index (χ1n) is 7.71. The number of hydrogen-bond acceptors (Lipinski definition) is 3. The van der Waals surface area contributed by atoms with E-state index in [1.54, 1.807) is 12.1 Å². The quantitative estimate of drug-likeness (QED) is 0.635. The average molecular weight is 328 g/mol. The Labute approximate surface area is 140 Å². The van der Waals surface area contributed by atoms with Crippen LogP contribution in [0.3, 0.4) is 0 Å². The molecular formula is C19H18ClNO2. The maximum absolute atomic E-state index is 12.3. The van der Waals surface area contributed by atoms with Crippen molar-refractivity contribution in [1.29, 1.82) is 0 Å². The van der Waals surface area contributed by atoms with Crippen molar-refractivity contribution < 1.29 is 4.42 Å². The Bertz CT molecular complexity index is 880. The van der Waals surface area contributed by atoms with Crippen LogP contribution in [0.2, 0.25) is 5.02 Å². The summed E-state index contributed by atoms with van der Waals surface area (Å²) in [4.78, 5) is 14.5. The monoisotopic (exact) mass is 327 g/mol. The third-order valence-electron chi connectivity index (χ3n) is 4.00. The fraction of sp³-hybridized carbons (Fsp3) is 0.211. The Morgan fingerprint density at radius 2 is 1.70 bits per heavy atom. The van der Waals surface area contributed by atoms with E-state index in [2.05, 4.69) is 24.8 Å². The summed E-state index contributed by atoms with van der Waals surface area (Å²) in [6, 6.07) is 15.0. The second-order valence-electron chi connectivity index (χ2n) is 5.35. The summed E-state index contributed by atoms with van der Waals surface area (Å²) in [6.07, 6.45) is 0. The Morgan fingerprint density at radius 1 is 1.00 bits per heavy atom. The zero-order chi connectivity index (χ0) is 16.4. The summed E-state index contributed by atoms with van der Waals surface area (Å²) >= 11 is 5.90. The van der Waals surface area contributed by atoms with E-state index in [1.165, 1.54) is 0 Å². The predicted octanol–water partition coefficient (Wildman–Crippen LogP) is 4.96. The Balaban J connectivity index is 2.10. The molecule has 0 aliphatic carbocycles. The first kappa shape index (κ1) is 15.6. The van der Waals surface area contributed by atoms with E-state index < -0.39 is 0 Å². The zero-order valence-corrected chi connectivity index (χ0v) is 13.9. The molecule has 0 saturated heterocycles. The second kappa shape index (κ2) is 6.47. The van der Waals surface area contributed by atoms with Crippen LogP contribution >= 0.6 is 11.6 Å². The highest BCUT2D eigenvalue weighted by molar-refractivity contribution is 6.30. The molecule has 0 unspecified atom stereocenters. The molecule has 0 spiro atoms. The van der Waals surface area contributed by atoms with Gasteiger partial charge in [0.2, 0.25) is 0 Å². The number of hydrogen-bond donors (Lipinski definition) is 0. The third-order valence-corrected chi connectivity index (χ3v) is 4.26. The Hall–Kier alpha value is -2.26. The molecule has 118 valence electrons. The van der Waals surface area contributed by atoms with Crippen LogP contribution in [0.15, 0.2) is 57.7 Å². The van der Waals surface area contributed by atoms with E-state index in [-0.39, 0.29) is 5.63 Å². The number of rotatable bonds is 4. The van der Waals surface area contributed by atoms with Crippen molar-refractivity contribution in [2.75, 3.05) is 18.0 Å². The maximum atomic E-state index is 12.3. The summed E-state index contributed by atoms with van der Waals surface area (Å²) in [5, 5.41) is 1.55. The van der Waals surface area contributed by atoms with Gasteiger partial charge >= 0.3 is 5.63 Å². The molecule has 0 N–H and O–H groups in total. The van der Waals surface area contributed by atoms with Crippen LogP contribution in [0.1, 0.15) is 13.8 Å². The number of anilines is 1. The molecule has 0 radical (unpaired) electrons. The van der Waals surface area contributed by atoms with E-state index in [4.69, 9.17) is 16.0 Å². The first-order valence-corrected chi connectivity index (χ1v) is 8.09. The summed E-state index contributed by atoms with van der Waals surface area (Å²) in [6.45, 7) is 6.03. The lowest BCUT2D eigenvalue weighted by atomic mass is 10.1. The van der Waals surface area contributed by atoms with Gasteiger partial charge in [0.05, 0.1) is 5.56 Å². The van der Waals surface area contributed by atoms with Crippen molar-refractivity contribution in [3.8, 4) is 11.1 Å². The van der Waals surface area contributed by atoms with Crippen molar-refractivity contribution in [3.05, 3.63) is 64.0 Å². The van der Waals surface area contributed by atoms with Gasteiger partial charge in [0.25, 0.3) is 0 Å². The third kappa shape index (κ3) is 3.10. The lowest BCUT2D eigenvalue weighted by Crippen LogP contribution is -2.21. The molecule has 0 amide bonds. The topological polar surface area (TPSA) is 33.5 Å². The van der Waals surface area contributed by atoms with Crippen molar-refractivity contribution in [3.63, 3.8) is 0 Å². The van der Waals surface area contributed by atoms with Crippen molar-refractivity contribution in [2.24, 2.45) is 0 Å². The van der Waals surface area contributed by atoms with Gasteiger partial charge < -0.3 is 9.32 Å². The minimum absolute atomic E-state index is 0.337. The van der Waals surface area contributed by atoms with Gasteiger partial charge in [-0.2, -0.15) is 0 Å². The SMILES string of the molecule is CCN(CC)c1ccc2cc(-c3ccc(Cl)cc3)c(=O)oc2c1. The van der Waals surface area contributed by atoms with Crippen LogP contribution in [0.25, 0.3) is 22.1 Å². The molecule has 3 aromatic rings. The van der Waals surface area contributed by atoms with E-state index in [9.17, 15) is 4.79 Å². The molecule has 3 nitrogen and oxygen atoms in total. The molecular weight excluding hydrogens is 310 g/mol. The number of halogens is 1. The van der Waals surface area contributed by atoms with Gasteiger partial charge in [-0.05, 0) is 49.7 Å². The molecule has 4 heteroatoms. The zero-order valence-electron chi connectivity index (χ0n) is 13.2. The highest BCUT2D eigenvalue weighted by atomic mass is 35.5. The van der Waals surface area contributed by atoms with Gasteiger partial charge in [0.15, 0.2) is 0 Å².